The molecule has 0 unspecified atom stereocenters. The molecule has 5 heteroatoms. The van der Waals surface area contributed by atoms with Gasteiger partial charge in [0.25, 0.3) is 0 Å². The summed E-state index contributed by atoms with van der Waals surface area (Å²) in [6.45, 7) is 10.5. The molecule has 3 heterocycles. The van der Waals surface area contributed by atoms with Crippen LogP contribution < -0.4 is 5.32 Å². The number of hydrogen-bond acceptors (Lipinski definition) is 5. The van der Waals surface area contributed by atoms with Crippen LogP contribution in [-0.2, 0) is 0 Å². The van der Waals surface area contributed by atoms with E-state index in [1.54, 1.807) is 12.1 Å². The Kier molecular flexibility index (Phi) is 3.81. The lowest BCUT2D eigenvalue weighted by molar-refractivity contribution is 0.245. The van der Waals surface area contributed by atoms with E-state index >= 15 is 0 Å². The molecule has 2 N–H and O–H groups in total. The maximum absolute atomic E-state index is 10.1. The number of allylic oxidation sites excluding steroid dienone is 1. The molecule has 1 aromatic heterocycles. The fourth-order valence-corrected chi connectivity index (χ4v) is 3.56. The minimum atomic E-state index is 0.214. The van der Waals surface area contributed by atoms with Gasteiger partial charge in [0, 0.05) is 36.0 Å². The van der Waals surface area contributed by atoms with Gasteiger partial charge in [-0.05, 0) is 49.6 Å². The lowest BCUT2D eigenvalue weighted by Crippen LogP contribution is -2.38. The SMILES string of the molecule is C=C1Nc2nnc(-c3ccccc3O)cc2C2=C1CCN(C(C)C)C2. The molecule has 0 aliphatic carbocycles. The van der Waals surface area contributed by atoms with E-state index in [-0.39, 0.29) is 5.75 Å². The van der Waals surface area contributed by atoms with E-state index in [4.69, 9.17) is 0 Å². The molecule has 0 amide bonds. The van der Waals surface area contributed by atoms with Crippen LogP contribution in [0, 0.1) is 0 Å². The molecule has 0 radical (unpaired) electrons. The maximum atomic E-state index is 10.1. The normalized spacial score (nSPS) is 17.3. The highest BCUT2D eigenvalue weighted by molar-refractivity contribution is 5.87. The summed E-state index contributed by atoms with van der Waals surface area (Å²) in [5.41, 5.74) is 5.91. The van der Waals surface area contributed by atoms with Crippen LogP contribution in [0.4, 0.5) is 5.82 Å². The van der Waals surface area contributed by atoms with Crippen LogP contribution in [0.25, 0.3) is 16.8 Å². The second-order valence-corrected chi connectivity index (χ2v) is 6.88. The zero-order valence-corrected chi connectivity index (χ0v) is 14.6. The van der Waals surface area contributed by atoms with E-state index in [1.807, 2.05) is 18.2 Å². The van der Waals surface area contributed by atoms with E-state index in [1.165, 1.54) is 11.1 Å². The van der Waals surface area contributed by atoms with Gasteiger partial charge in [0.2, 0.25) is 0 Å². The largest absolute Gasteiger partial charge is 0.507 e. The molecule has 0 spiro atoms. The van der Waals surface area contributed by atoms with Gasteiger partial charge < -0.3 is 10.4 Å². The number of hydrogen-bond donors (Lipinski definition) is 2. The second-order valence-electron chi connectivity index (χ2n) is 6.88. The molecule has 0 atom stereocenters. The number of benzene rings is 1. The Balaban J connectivity index is 1.82. The number of phenols is 1. The Labute approximate surface area is 147 Å². The number of rotatable bonds is 2. The summed E-state index contributed by atoms with van der Waals surface area (Å²) in [5, 5.41) is 22.1. The molecule has 4 rings (SSSR count). The summed E-state index contributed by atoms with van der Waals surface area (Å²) in [7, 11) is 0. The van der Waals surface area contributed by atoms with Crippen LogP contribution in [-0.4, -0.2) is 39.3 Å². The van der Waals surface area contributed by atoms with Crippen molar-refractivity contribution in [2.45, 2.75) is 26.3 Å². The number of para-hydroxylation sites is 1. The van der Waals surface area contributed by atoms with Crippen molar-refractivity contribution in [3.05, 3.63) is 53.7 Å². The third kappa shape index (κ3) is 2.70. The summed E-state index contributed by atoms with van der Waals surface area (Å²) in [4.78, 5) is 2.46. The van der Waals surface area contributed by atoms with E-state index in [0.717, 1.165) is 36.6 Å². The van der Waals surface area contributed by atoms with Gasteiger partial charge in [-0.3, -0.25) is 4.90 Å². The molecular formula is C20H22N4O. The molecule has 0 bridgehead atoms. The zero-order chi connectivity index (χ0) is 17.6. The number of anilines is 1. The fourth-order valence-electron chi connectivity index (χ4n) is 3.56. The third-order valence-corrected chi connectivity index (χ3v) is 5.04. The van der Waals surface area contributed by atoms with Crippen LogP contribution in [0.1, 0.15) is 25.8 Å². The minimum absolute atomic E-state index is 0.214. The molecular weight excluding hydrogens is 312 g/mol. The Morgan fingerprint density at radius 2 is 1.96 bits per heavy atom. The Hall–Kier alpha value is -2.66. The average Bonchev–Trinajstić information content (AvgIpc) is 2.62. The lowest BCUT2D eigenvalue weighted by Gasteiger charge is -2.37. The van der Waals surface area contributed by atoms with Crippen LogP contribution >= 0.6 is 0 Å². The van der Waals surface area contributed by atoms with Crippen molar-refractivity contribution in [3.8, 4) is 17.0 Å². The molecule has 0 saturated carbocycles. The van der Waals surface area contributed by atoms with Gasteiger partial charge in [-0.1, -0.05) is 18.7 Å². The van der Waals surface area contributed by atoms with Crippen LogP contribution in [0.5, 0.6) is 5.75 Å². The van der Waals surface area contributed by atoms with Gasteiger partial charge in [-0.15, -0.1) is 10.2 Å². The second kappa shape index (κ2) is 6.01. The topological polar surface area (TPSA) is 61.3 Å². The van der Waals surface area contributed by atoms with Crippen molar-refractivity contribution in [1.29, 1.82) is 0 Å². The Bertz CT molecular complexity index is 885. The van der Waals surface area contributed by atoms with Crippen molar-refractivity contribution >= 4 is 11.4 Å². The molecule has 25 heavy (non-hydrogen) atoms. The maximum Gasteiger partial charge on any atom is 0.160 e. The summed E-state index contributed by atoms with van der Waals surface area (Å²) in [6.07, 6.45) is 0.979. The molecule has 0 fully saturated rings. The van der Waals surface area contributed by atoms with E-state index in [2.05, 4.69) is 40.8 Å². The molecule has 2 aromatic rings. The molecule has 1 aromatic carbocycles. The van der Waals surface area contributed by atoms with Crippen LogP contribution in [0.3, 0.4) is 0 Å². The van der Waals surface area contributed by atoms with Crippen molar-refractivity contribution in [2.24, 2.45) is 0 Å². The van der Waals surface area contributed by atoms with Gasteiger partial charge in [-0.25, -0.2) is 0 Å². The minimum Gasteiger partial charge on any atom is -0.507 e. The quantitative estimate of drug-likeness (QED) is 0.878. The van der Waals surface area contributed by atoms with Gasteiger partial charge >= 0.3 is 0 Å². The first-order chi connectivity index (χ1) is 12.0. The molecule has 128 valence electrons. The van der Waals surface area contributed by atoms with Gasteiger partial charge in [0.1, 0.15) is 5.75 Å². The first kappa shape index (κ1) is 15.8. The predicted octanol–water partition coefficient (Wildman–Crippen LogP) is 3.66. The predicted molar refractivity (Wildman–Crippen MR) is 100 cm³/mol. The number of aromatic hydroxyl groups is 1. The summed E-state index contributed by atoms with van der Waals surface area (Å²) in [6, 6.07) is 9.74. The highest BCUT2D eigenvalue weighted by Gasteiger charge is 2.29. The van der Waals surface area contributed by atoms with Crippen molar-refractivity contribution in [3.63, 3.8) is 0 Å². The lowest BCUT2D eigenvalue weighted by atomic mass is 9.88. The molecule has 5 nitrogen and oxygen atoms in total. The summed E-state index contributed by atoms with van der Waals surface area (Å²) in [5.74, 6) is 0.958. The summed E-state index contributed by atoms with van der Waals surface area (Å²) < 4.78 is 0. The number of aromatic nitrogens is 2. The fraction of sp³-hybridized carbons (Fsp3) is 0.300. The van der Waals surface area contributed by atoms with Crippen LogP contribution in [0.15, 0.2) is 48.2 Å². The molecule has 2 aliphatic heterocycles. The van der Waals surface area contributed by atoms with Gasteiger partial charge in [0.05, 0.1) is 5.69 Å². The monoisotopic (exact) mass is 334 g/mol. The number of phenolic OH excluding ortho intramolecular Hbond substituents is 1. The highest BCUT2D eigenvalue weighted by atomic mass is 16.3. The average molecular weight is 334 g/mol. The van der Waals surface area contributed by atoms with E-state index in [0.29, 0.717) is 17.3 Å². The van der Waals surface area contributed by atoms with Gasteiger partial charge in [-0.2, -0.15) is 0 Å². The summed E-state index contributed by atoms with van der Waals surface area (Å²) >= 11 is 0. The standard InChI is InChI=1S/C20H22N4O/c1-12(2)24-9-8-14-13(3)21-20-16(17(14)11-24)10-18(22-23-20)15-6-4-5-7-19(15)25/h4-7,10,12,25H,3,8-9,11H2,1-2H3,(H,21,23). The van der Waals surface area contributed by atoms with E-state index in [9.17, 15) is 5.11 Å². The van der Waals surface area contributed by atoms with E-state index < -0.39 is 0 Å². The number of nitrogens with zero attached hydrogens (tertiary/aromatic N) is 3. The third-order valence-electron chi connectivity index (χ3n) is 5.04. The number of nitrogens with one attached hydrogen (secondary N) is 1. The zero-order valence-electron chi connectivity index (χ0n) is 14.6. The van der Waals surface area contributed by atoms with Crippen molar-refractivity contribution in [2.75, 3.05) is 18.4 Å². The Morgan fingerprint density at radius 3 is 2.72 bits per heavy atom. The first-order valence-corrected chi connectivity index (χ1v) is 8.63. The van der Waals surface area contributed by atoms with Gasteiger partial charge in [0.15, 0.2) is 5.82 Å². The Morgan fingerprint density at radius 1 is 1.16 bits per heavy atom. The highest BCUT2D eigenvalue weighted by Crippen LogP contribution is 2.40. The first-order valence-electron chi connectivity index (χ1n) is 8.63. The number of fused-ring (bicyclic) bond motifs is 2. The smallest absolute Gasteiger partial charge is 0.160 e. The molecule has 2 aliphatic rings. The van der Waals surface area contributed by atoms with Crippen molar-refractivity contribution < 1.29 is 5.11 Å². The van der Waals surface area contributed by atoms with Crippen molar-refractivity contribution in [1.82, 2.24) is 15.1 Å². The molecule has 0 saturated heterocycles. The van der Waals surface area contributed by atoms with Crippen LogP contribution in [0.2, 0.25) is 0 Å².